The molecule has 0 aliphatic carbocycles. The predicted octanol–water partition coefficient (Wildman–Crippen LogP) is 0.829. The largest absolute Gasteiger partial charge is 0.481 e. The average Bonchev–Trinajstić information content (AvgIpc) is 2.25. The molecule has 1 fully saturated rings. The lowest BCUT2D eigenvalue weighted by Crippen LogP contribution is -2.35. The van der Waals surface area contributed by atoms with Crippen LogP contribution in [-0.2, 0) is 9.59 Å². The van der Waals surface area contributed by atoms with Crippen molar-refractivity contribution in [2.75, 3.05) is 19.6 Å². The Labute approximate surface area is 102 Å². The second-order valence-corrected chi connectivity index (χ2v) is 4.81. The highest BCUT2D eigenvalue weighted by molar-refractivity contribution is 5.73. The SMILES string of the molecule is NC(=O)CC1CCN(CCCCC(=O)O)CC1. The quantitative estimate of drug-likeness (QED) is 0.648. The van der Waals surface area contributed by atoms with Gasteiger partial charge in [-0.15, -0.1) is 0 Å². The fraction of sp³-hybridized carbons (Fsp3) is 0.833. The third-order valence-corrected chi connectivity index (χ3v) is 3.31. The van der Waals surface area contributed by atoms with Crippen molar-refractivity contribution >= 4 is 11.9 Å². The number of hydrogen-bond donors (Lipinski definition) is 2. The van der Waals surface area contributed by atoms with Crippen LogP contribution in [0.1, 0.15) is 38.5 Å². The smallest absolute Gasteiger partial charge is 0.303 e. The van der Waals surface area contributed by atoms with Crippen molar-refractivity contribution in [3.8, 4) is 0 Å². The van der Waals surface area contributed by atoms with Crippen molar-refractivity contribution in [1.29, 1.82) is 0 Å². The maximum atomic E-state index is 10.8. The van der Waals surface area contributed by atoms with Crippen molar-refractivity contribution < 1.29 is 14.7 Å². The van der Waals surface area contributed by atoms with Crippen LogP contribution in [-0.4, -0.2) is 41.5 Å². The summed E-state index contributed by atoms with van der Waals surface area (Å²) in [5, 5.41) is 8.51. The standard InChI is InChI=1S/C12H22N2O3/c13-11(15)9-10-4-7-14(8-5-10)6-2-1-3-12(16)17/h10H,1-9H2,(H2,13,15)(H,16,17). The van der Waals surface area contributed by atoms with Gasteiger partial charge in [-0.1, -0.05) is 0 Å². The number of carbonyl (C=O) groups excluding carboxylic acids is 1. The van der Waals surface area contributed by atoms with E-state index in [2.05, 4.69) is 4.90 Å². The normalized spacial score (nSPS) is 18.1. The molecular formula is C12H22N2O3. The molecule has 1 aliphatic heterocycles. The number of carboxylic acid groups (broad SMARTS) is 1. The van der Waals surface area contributed by atoms with Gasteiger partial charge < -0.3 is 15.7 Å². The Kier molecular flexibility index (Phi) is 5.97. The number of primary amides is 1. The van der Waals surface area contributed by atoms with Gasteiger partial charge in [0.25, 0.3) is 0 Å². The van der Waals surface area contributed by atoms with Crippen LogP contribution in [0.25, 0.3) is 0 Å². The molecule has 0 bridgehead atoms. The van der Waals surface area contributed by atoms with Gasteiger partial charge in [0.05, 0.1) is 0 Å². The summed E-state index contributed by atoms with van der Waals surface area (Å²) in [6.45, 7) is 2.98. The maximum Gasteiger partial charge on any atom is 0.303 e. The molecule has 1 amide bonds. The van der Waals surface area contributed by atoms with E-state index < -0.39 is 5.97 Å². The van der Waals surface area contributed by atoms with Crippen LogP contribution < -0.4 is 5.73 Å². The van der Waals surface area contributed by atoms with Crippen molar-refractivity contribution in [2.24, 2.45) is 11.7 Å². The van der Waals surface area contributed by atoms with Crippen molar-refractivity contribution in [3.05, 3.63) is 0 Å². The van der Waals surface area contributed by atoms with Gasteiger partial charge in [0.1, 0.15) is 0 Å². The lowest BCUT2D eigenvalue weighted by molar-refractivity contribution is -0.137. The number of nitrogens with zero attached hydrogens (tertiary/aromatic N) is 1. The number of unbranched alkanes of at least 4 members (excludes halogenated alkanes) is 1. The molecule has 1 saturated heterocycles. The first-order valence-corrected chi connectivity index (χ1v) is 6.30. The zero-order valence-electron chi connectivity index (χ0n) is 10.2. The molecule has 0 aromatic carbocycles. The van der Waals surface area contributed by atoms with Crippen molar-refractivity contribution in [1.82, 2.24) is 4.90 Å². The number of piperidine rings is 1. The van der Waals surface area contributed by atoms with Crippen LogP contribution in [0.15, 0.2) is 0 Å². The lowest BCUT2D eigenvalue weighted by atomic mass is 9.93. The molecule has 0 spiro atoms. The van der Waals surface area contributed by atoms with Gasteiger partial charge >= 0.3 is 5.97 Å². The Morgan fingerprint density at radius 2 is 1.88 bits per heavy atom. The van der Waals surface area contributed by atoms with Crippen LogP contribution in [0.2, 0.25) is 0 Å². The number of nitrogens with two attached hydrogens (primary N) is 1. The Morgan fingerprint density at radius 3 is 2.41 bits per heavy atom. The number of rotatable bonds is 7. The van der Waals surface area contributed by atoms with E-state index in [-0.39, 0.29) is 12.3 Å². The first-order chi connectivity index (χ1) is 8.08. The lowest BCUT2D eigenvalue weighted by Gasteiger charge is -2.31. The first-order valence-electron chi connectivity index (χ1n) is 6.30. The third-order valence-electron chi connectivity index (χ3n) is 3.31. The van der Waals surface area contributed by atoms with E-state index in [1.807, 2.05) is 0 Å². The van der Waals surface area contributed by atoms with E-state index in [4.69, 9.17) is 10.8 Å². The van der Waals surface area contributed by atoms with Gasteiger partial charge in [-0.3, -0.25) is 9.59 Å². The molecule has 0 unspecified atom stereocenters. The third kappa shape index (κ3) is 6.26. The summed E-state index contributed by atoms with van der Waals surface area (Å²) in [7, 11) is 0. The molecule has 0 atom stereocenters. The monoisotopic (exact) mass is 242 g/mol. The fourth-order valence-electron chi connectivity index (χ4n) is 2.31. The van der Waals surface area contributed by atoms with Crippen molar-refractivity contribution in [2.45, 2.75) is 38.5 Å². The van der Waals surface area contributed by atoms with Gasteiger partial charge in [0, 0.05) is 12.8 Å². The molecule has 0 radical (unpaired) electrons. The topological polar surface area (TPSA) is 83.6 Å². The zero-order valence-corrected chi connectivity index (χ0v) is 10.2. The Morgan fingerprint density at radius 1 is 1.24 bits per heavy atom. The Hall–Kier alpha value is -1.10. The Balaban J connectivity index is 2.06. The second-order valence-electron chi connectivity index (χ2n) is 4.81. The predicted molar refractivity (Wildman–Crippen MR) is 64.5 cm³/mol. The summed E-state index contributed by atoms with van der Waals surface area (Å²) in [4.78, 5) is 23.5. The molecule has 5 nitrogen and oxygen atoms in total. The summed E-state index contributed by atoms with van der Waals surface area (Å²) in [5.74, 6) is -0.474. The molecule has 1 heterocycles. The van der Waals surface area contributed by atoms with Gasteiger partial charge in [0.15, 0.2) is 0 Å². The molecule has 5 heteroatoms. The molecule has 17 heavy (non-hydrogen) atoms. The summed E-state index contributed by atoms with van der Waals surface area (Å²) in [6.07, 6.45) is 4.51. The van der Waals surface area contributed by atoms with E-state index in [1.54, 1.807) is 0 Å². The first kappa shape index (κ1) is 14.0. The molecule has 3 N–H and O–H groups in total. The maximum absolute atomic E-state index is 10.8. The second kappa shape index (κ2) is 7.27. The summed E-state index contributed by atoms with van der Waals surface area (Å²) >= 11 is 0. The van der Waals surface area contributed by atoms with Crippen LogP contribution in [0.4, 0.5) is 0 Å². The summed E-state index contributed by atoms with van der Waals surface area (Å²) in [6, 6.07) is 0. The summed E-state index contributed by atoms with van der Waals surface area (Å²) < 4.78 is 0. The number of amides is 1. The van der Waals surface area contributed by atoms with E-state index >= 15 is 0 Å². The molecule has 0 saturated carbocycles. The average molecular weight is 242 g/mol. The van der Waals surface area contributed by atoms with Crippen LogP contribution in [0.3, 0.4) is 0 Å². The van der Waals surface area contributed by atoms with Gasteiger partial charge in [-0.05, 0) is 51.2 Å². The van der Waals surface area contributed by atoms with Crippen LogP contribution in [0, 0.1) is 5.92 Å². The van der Waals surface area contributed by atoms with E-state index in [0.29, 0.717) is 12.3 Å². The fourth-order valence-corrected chi connectivity index (χ4v) is 2.31. The Bertz CT molecular complexity index is 258. The highest BCUT2D eigenvalue weighted by Gasteiger charge is 2.20. The summed E-state index contributed by atoms with van der Waals surface area (Å²) in [5.41, 5.74) is 5.18. The van der Waals surface area contributed by atoms with E-state index in [0.717, 1.165) is 45.3 Å². The molecule has 0 aromatic heterocycles. The number of carbonyl (C=O) groups is 2. The van der Waals surface area contributed by atoms with Gasteiger partial charge in [-0.2, -0.15) is 0 Å². The number of carboxylic acids is 1. The van der Waals surface area contributed by atoms with Crippen LogP contribution >= 0.6 is 0 Å². The minimum absolute atomic E-state index is 0.204. The minimum Gasteiger partial charge on any atom is -0.481 e. The number of likely N-dealkylation sites (tertiary alicyclic amines) is 1. The minimum atomic E-state index is -0.717. The number of hydrogen-bond acceptors (Lipinski definition) is 3. The van der Waals surface area contributed by atoms with E-state index in [9.17, 15) is 9.59 Å². The molecule has 0 aromatic rings. The van der Waals surface area contributed by atoms with E-state index in [1.165, 1.54) is 0 Å². The molecule has 98 valence electrons. The molecule has 1 aliphatic rings. The van der Waals surface area contributed by atoms with Gasteiger partial charge in [0.2, 0.25) is 5.91 Å². The molecular weight excluding hydrogens is 220 g/mol. The number of aliphatic carboxylic acids is 1. The highest BCUT2D eigenvalue weighted by Crippen LogP contribution is 2.20. The van der Waals surface area contributed by atoms with Crippen LogP contribution in [0.5, 0.6) is 0 Å². The molecule has 1 rings (SSSR count). The van der Waals surface area contributed by atoms with Crippen molar-refractivity contribution in [3.63, 3.8) is 0 Å². The highest BCUT2D eigenvalue weighted by atomic mass is 16.4. The van der Waals surface area contributed by atoms with Gasteiger partial charge in [-0.25, -0.2) is 0 Å². The zero-order chi connectivity index (χ0) is 12.7.